The van der Waals surface area contributed by atoms with Crippen LogP contribution >= 0.6 is 0 Å². The van der Waals surface area contributed by atoms with Crippen LogP contribution in [-0.4, -0.2) is 0 Å². The standard InChI is InChI=1S/C27H20O.C3H8/c1-27(2)22-11-5-3-8-19(22)20-15-14-17(16-23(20)27)18-10-7-13-25-26(18)21-9-4-6-12-24(21)28-25;1-3-2/h3-16H,1-2H3;3H2,1-2H3. The monoisotopic (exact) mass is 404 g/mol. The van der Waals surface area contributed by atoms with Crippen molar-refractivity contribution in [2.75, 3.05) is 0 Å². The molecule has 6 rings (SSSR count). The Kier molecular flexibility index (Phi) is 4.70. The van der Waals surface area contributed by atoms with Crippen LogP contribution in [0.4, 0.5) is 0 Å². The minimum Gasteiger partial charge on any atom is -0.456 e. The van der Waals surface area contributed by atoms with Crippen LogP contribution in [0, 0.1) is 0 Å². The Bertz CT molecular complexity index is 1400. The van der Waals surface area contributed by atoms with Crippen molar-refractivity contribution in [2.24, 2.45) is 0 Å². The zero-order valence-corrected chi connectivity index (χ0v) is 18.7. The van der Waals surface area contributed by atoms with Crippen molar-refractivity contribution in [1.82, 2.24) is 0 Å². The van der Waals surface area contributed by atoms with Gasteiger partial charge in [-0.3, -0.25) is 0 Å². The van der Waals surface area contributed by atoms with E-state index in [9.17, 15) is 0 Å². The minimum absolute atomic E-state index is 0.00823. The molecule has 1 heterocycles. The number of hydrogen-bond donors (Lipinski definition) is 0. The largest absolute Gasteiger partial charge is 0.456 e. The smallest absolute Gasteiger partial charge is 0.136 e. The fourth-order valence-corrected chi connectivity index (χ4v) is 4.89. The molecule has 0 saturated carbocycles. The van der Waals surface area contributed by atoms with Gasteiger partial charge in [-0.1, -0.05) is 101 Å². The van der Waals surface area contributed by atoms with E-state index in [0.717, 1.165) is 11.2 Å². The third kappa shape index (κ3) is 2.99. The van der Waals surface area contributed by atoms with Crippen LogP contribution in [0.25, 0.3) is 44.2 Å². The van der Waals surface area contributed by atoms with E-state index in [-0.39, 0.29) is 5.41 Å². The van der Waals surface area contributed by atoms with Crippen molar-refractivity contribution in [3.8, 4) is 22.3 Å². The lowest BCUT2D eigenvalue weighted by Gasteiger charge is -2.22. The van der Waals surface area contributed by atoms with E-state index in [1.54, 1.807) is 0 Å². The van der Waals surface area contributed by atoms with Gasteiger partial charge in [0.25, 0.3) is 0 Å². The van der Waals surface area contributed by atoms with Crippen LogP contribution in [0.2, 0.25) is 0 Å². The van der Waals surface area contributed by atoms with Crippen LogP contribution in [0.5, 0.6) is 0 Å². The summed E-state index contributed by atoms with van der Waals surface area (Å²) in [5, 5.41) is 2.38. The maximum atomic E-state index is 6.10. The maximum absolute atomic E-state index is 6.10. The van der Waals surface area contributed by atoms with Gasteiger partial charge in [-0.25, -0.2) is 0 Å². The van der Waals surface area contributed by atoms with Gasteiger partial charge in [0.1, 0.15) is 11.2 Å². The molecule has 1 nitrogen and oxygen atoms in total. The molecule has 0 N–H and O–H groups in total. The van der Waals surface area contributed by atoms with E-state index in [4.69, 9.17) is 4.42 Å². The van der Waals surface area contributed by atoms with Crippen molar-refractivity contribution in [3.05, 3.63) is 96.1 Å². The molecule has 0 radical (unpaired) electrons. The number of rotatable bonds is 1. The predicted octanol–water partition coefficient (Wildman–Crippen LogP) is 8.98. The fourth-order valence-electron chi connectivity index (χ4n) is 4.89. The summed E-state index contributed by atoms with van der Waals surface area (Å²) in [5.74, 6) is 0. The highest BCUT2D eigenvalue weighted by Gasteiger charge is 2.35. The van der Waals surface area contributed by atoms with E-state index in [2.05, 4.69) is 100 Å². The Morgan fingerprint density at radius 3 is 2.13 bits per heavy atom. The van der Waals surface area contributed by atoms with E-state index in [1.807, 2.05) is 12.1 Å². The first kappa shape index (κ1) is 19.6. The first-order valence-corrected chi connectivity index (χ1v) is 11.2. The van der Waals surface area contributed by atoms with E-state index >= 15 is 0 Å². The lowest BCUT2D eigenvalue weighted by atomic mass is 9.81. The summed E-state index contributed by atoms with van der Waals surface area (Å²) in [6, 6.07) is 30.4. The maximum Gasteiger partial charge on any atom is 0.136 e. The summed E-state index contributed by atoms with van der Waals surface area (Å²) >= 11 is 0. The Labute approximate surface area is 184 Å². The van der Waals surface area contributed by atoms with Gasteiger partial charge < -0.3 is 4.42 Å². The first-order valence-electron chi connectivity index (χ1n) is 11.2. The Morgan fingerprint density at radius 2 is 1.29 bits per heavy atom. The van der Waals surface area contributed by atoms with Crippen molar-refractivity contribution in [1.29, 1.82) is 0 Å². The Morgan fingerprint density at radius 1 is 0.645 bits per heavy atom. The molecule has 0 amide bonds. The molecule has 0 aliphatic heterocycles. The topological polar surface area (TPSA) is 13.1 Å². The van der Waals surface area contributed by atoms with Crippen molar-refractivity contribution >= 4 is 21.9 Å². The van der Waals surface area contributed by atoms with E-state index < -0.39 is 0 Å². The zero-order chi connectivity index (χ0) is 21.6. The van der Waals surface area contributed by atoms with Crippen LogP contribution in [0.1, 0.15) is 45.2 Å². The highest BCUT2D eigenvalue weighted by Crippen LogP contribution is 2.50. The van der Waals surface area contributed by atoms with Crippen molar-refractivity contribution < 1.29 is 4.42 Å². The van der Waals surface area contributed by atoms with Gasteiger partial charge in [0.15, 0.2) is 0 Å². The third-order valence-electron chi connectivity index (χ3n) is 6.30. The molecule has 0 spiro atoms. The molecule has 154 valence electrons. The summed E-state index contributed by atoms with van der Waals surface area (Å²) in [5.41, 5.74) is 9.91. The second kappa shape index (κ2) is 7.42. The second-order valence-electron chi connectivity index (χ2n) is 8.91. The fraction of sp³-hybridized carbons (Fsp3) is 0.200. The van der Waals surface area contributed by atoms with E-state index in [1.165, 1.54) is 50.6 Å². The molecule has 4 aromatic carbocycles. The van der Waals surface area contributed by atoms with E-state index in [0.29, 0.717) is 0 Å². The Balaban J connectivity index is 0.000000646. The quantitative estimate of drug-likeness (QED) is 0.272. The zero-order valence-electron chi connectivity index (χ0n) is 18.7. The molecule has 1 aliphatic rings. The molecule has 0 saturated heterocycles. The molecule has 1 aliphatic carbocycles. The van der Waals surface area contributed by atoms with Gasteiger partial charge >= 0.3 is 0 Å². The number of fused-ring (bicyclic) bond motifs is 6. The van der Waals surface area contributed by atoms with Crippen molar-refractivity contribution in [3.63, 3.8) is 0 Å². The molecular formula is C30H28O. The number of hydrogen-bond acceptors (Lipinski definition) is 1. The van der Waals surface area contributed by atoms with Gasteiger partial charge in [0.05, 0.1) is 0 Å². The van der Waals surface area contributed by atoms with Gasteiger partial charge in [0.2, 0.25) is 0 Å². The molecular weight excluding hydrogens is 376 g/mol. The molecule has 5 aromatic rings. The van der Waals surface area contributed by atoms with Gasteiger partial charge in [0, 0.05) is 16.2 Å². The predicted molar refractivity (Wildman–Crippen MR) is 133 cm³/mol. The summed E-state index contributed by atoms with van der Waals surface area (Å²) in [6.07, 6.45) is 1.25. The van der Waals surface area contributed by atoms with Crippen LogP contribution in [0.3, 0.4) is 0 Å². The second-order valence-corrected chi connectivity index (χ2v) is 8.91. The van der Waals surface area contributed by atoms with Gasteiger partial charge in [-0.05, 0) is 51.6 Å². The average Bonchev–Trinajstić information content (AvgIpc) is 3.28. The van der Waals surface area contributed by atoms with Crippen molar-refractivity contribution in [2.45, 2.75) is 39.5 Å². The molecule has 1 aromatic heterocycles. The summed E-state index contributed by atoms with van der Waals surface area (Å²) in [4.78, 5) is 0. The molecule has 0 unspecified atom stereocenters. The van der Waals surface area contributed by atoms with Gasteiger partial charge in [-0.2, -0.15) is 0 Å². The highest BCUT2D eigenvalue weighted by atomic mass is 16.3. The molecule has 31 heavy (non-hydrogen) atoms. The number of para-hydroxylation sites is 1. The lowest BCUT2D eigenvalue weighted by Crippen LogP contribution is -2.14. The molecule has 0 atom stereocenters. The van der Waals surface area contributed by atoms with Crippen LogP contribution < -0.4 is 0 Å². The first-order chi connectivity index (χ1) is 15.1. The lowest BCUT2D eigenvalue weighted by molar-refractivity contribution is 0.660. The number of benzene rings is 4. The Hall–Kier alpha value is -3.32. The van der Waals surface area contributed by atoms with Gasteiger partial charge in [-0.15, -0.1) is 0 Å². The van der Waals surface area contributed by atoms with Crippen LogP contribution in [0.15, 0.2) is 89.3 Å². The SMILES string of the molecule is CC1(C)c2ccccc2-c2ccc(-c3cccc4oc5ccccc5c34)cc21.CCC. The molecule has 1 heteroatoms. The highest BCUT2D eigenvalue weighted by molar-refractivity contribution is 6.12. The molecule has 0 fully saturated rings. The molecule has 0 bridgehead atoms. The average molecular weight is 405 g/mol. The van der Waals surface area contributed by atoms with Crippen LogP contribution in [-0.2, 0) is 5.41 Å². The summed E-state index contributed by atoms with van der Waals surface area (Å²) < 4.78 is 6.10. The normalized spacial score (nSPS) is 13.5. The summed E-state index contributed by atoms with van der Waals surface area (Å²) in [6.45, 7) is 8.91. The summed E-state index contributed by atoms with van der Waals surface area (Å²) in [7, 11) is 0. The minimum atomic E-state index is 0.00823. The third-order valence-corrected chi connectivity index (χ3v) is 6.30. The number of furan rings is 1.